The van der Waals surface area contributed by atoms with Crippen LogP contribution in [0.3, 0.4) is 0 Å². The zero-order chi connectivity index (χ0) is 15.8. The minimum Gasteiger partial charge on any atom is -0.375 e. The molecule has 1 atom stereocenters. The number of amides is 1. The van der Waals surface area contributed by atoms with E-state index in [1.807, 2.05) is 48.5 Å². The van der Waals surface area contributed by atoms with Gasteiger partial charge in [0, 0.05) is 11.6 Å². The highest BCUT2D eigenvalue weighted by Crippen LogP contribution is 2.11. The van der Waals surface area contributed by atoms with E-state index in [0.717, 1.165) is 11.1 Å². The van der Waals surface area contributed by atoms with E-state index in [0.29, 0.717) is 18.2 Å². The van der Waals surface area contributed by atoms with Crippen molar-refractivity contribution < 1.29 is 9.53 Å². The van der Waals surface area contributed by atoms with Crippen molar-refractivity contribution in [2.24, 2.45) is 5.73 Å². The zero-order valence-corrected chi connectivity index (χ0v) is 12.9. The molecule has 22 heavy (non-hydrogen) atoms. The number of carbonyl (C=O) groups excluding carboxylic acids is 1. The fourth-order valence-electron chi connectivity index (χ4n) is 2.00. The molecule has 0 aliphatic heterocycles. The Bertz CT molecular complexity index is 605. The van der Waals surface area contributed by atoms with E-state index in [1.165, 1.54) is 0 Å². The lowest BCUT2D eigenvalue weighted by Crippen LogP contribution is -2.44. The van der Waals surface area contributed by atoms with Crippen LogP contribution in [0.4, 0.5) is 0 Å². The van der Waals surface area contributed by atoms with Crippen LogP contribution in [-0.4, -0.2) is 18.6 Å². The number of benzene rings is 2. The van der Waals surface area contributed by atoms with Crippen LogP contribution in [0, 0.1) is 0 Å². The van der Waals surface area contributed by atoms with Crippen molar-refractivity contribution in [1.29, 1.82) is 0 Å². The first-order valence-corrected chi connectivity index (χ1v) is 7.42. The Morgan fingerprint density at radius 3 is 2.55 bits per heavy atom. The number of primary amides is 1. The third-order valence-corrected chi connectivity index (χ3v) is 3.42. The second-order valence-corrected chi connectivity index (χ2v) is 5.40. The molecule has 0 aliphatic carbocycles. The Balaban J connectivity index is 1.80. The average molecular weight is 319 g/mol. The predicted octanol–water partition coefficient (Wildman–Crippen LogP) is 2.50. The highest BCUT2D eigenvalue weighted by atomic mass is 35.5. The molecule has 0 saturated heterocycles. The Morgan fingerprint density at radius 1 is 1.14 bits per heavy atom. The lowest BCUT2D eigenvalue weighted by molar-refractivity contribution is -0.121. The van der Waals surface area contributed by atoms with Crippen molar-refractivity contribution in [1.82, 2.24) is 5.32 Å². The molecule has 5 heteroatoms. The van der Waals surface area contributed by atoms with Crippen molar-refractivity contribution in [2.75, 3.05) is 6.61 Å². The second-order valence-electron chi connectivity index (χ2n) is 4.97. The highest BCUT2D eigenvalue weighted by molar-refractivity contribution is 6.30. The Hall–Kier alpha value is -1.88. The molecule has 0 bridgehead atoms. The summed E-state index contributed by atoms with van der Waals surface area (Å²) >= 11 is 5.91. The van der Waals surface area contributed by atoms with E-state index in [4.69, 9.17) is 22.1 Å². The van der Waals surface area contributed by atoms with E-state index in [9.17, 15) is 4.79 Å². The van der Waals surface area contributed by atoms with Crippen LogP contribution in [-0.2, 0) is 22.7 Å². The SMILES string of the molecule is NC(=O)C(COCc1cccc(Cl)c1)NCc1ccccc1. The first-order chi connectivity index (χ1) is 10.6. The normalized spacial score (nSPS) is 12.0. The maximum absolute atomic E-state index is 11.5. The van der Waals surface area contributed by atoms with Crippen molar-refractivity contribution in [3.63, 3.8) is 0 Å². The molecular formula is C17H19ClN2O2. The lowest BCUT2D eigenvalue weighted by atomic mass is 10.2. The van der Waals surface area contributed by atoms with Crippen LogP contribution in [0.25, 0.3) is 0 Å². The van der Waals surface area contributed by atoms with Crippen LogP contribution < -0.4 is 11.1 Å². The summed E-state index contributed by atoms with van der Waals surface area (Å²) in [4.78, 5) is 11.5. The van der Waals surface area contributed by atoms with Crippen LogP contribution in [0.2, 0.25) is 5.02 Å². The summed E-state index contributed by atoms with van der Waals surface area (Å²) in [6.07, 6.45) is 0. The van der Waals surface area contributed by atoms with Crippen LogP contribution in [0.5, 0.6) is 0 Å². The molecule has 0 fully saturated rings. The molecule has 0 heterocycles. The zero-order valence-electron chi connectivity index (χ0n) is 12.2. The van der Waals surface area contributed by atoms with Crippen molar-refractivity contribution >= 4 is 17.5 Å². The maximum atomic E-state index is 11.5. The van der Waals surface area contributed by atoms with Gasteiger partial charge in [-0.25, -0.2) is 0 Å². The smallest absolute Gasteiger partial charge is 0.236 e. The van der Waals surface area contributed by atoms with Gasteiger partial charge in [0.25, 0.3) is 0 Å². The first-order valence-electron chi connectivity index (χ1n) is 7.04. The number of rotatable bonds is 8. The minimum absolute atomic E-state index is 0.217. The molecule has 0 aliphatic rings. The molecular weight excluding hydrogens is 300 g/mol. The summed E-state index contributed by atoms with van der Waals surface area (Å²) in [5.74, 6) is -0.429. The predicted molar refractivity (Wildman–Crippen MR) is 87.4 cm³/mol. The summed E-state index contributed by atoms with van der Waals surface area (Å²) < 4.78 is 5.56. The summed E-state index contributed by atoms with van der Waals surface area (Å²) in [6, 6.07) is 16.7. The van der Waals surface area contributed by atoms with E-state index in [-0.39, 0.29) is 6.61 Å². The van der Waals surface area contributed by atoms with Gasteiger partial charge in [0.05, 0.1) is 13.2 Å². The number of halogens is 1. The molecule has 3 N–H and O–H groups in total. The first kappa shape index (κ1) is 16.5. The molecule has 116 valence electrons. The molecule has 0 saturated carbocycles. The van der Waals surface area contributed by atoms with Gasteiger partial charge in [-0.3, -0.25) is 10.1 Å². The topological polar surface area (TPSA) is 64.4 Å². The molecule has 0 spiro atoms. The largest absolute Gasteiger partial charge is 0.375 e. The molecule has 2 aromatic carbocycles. The van der Waals surface area contributed by atoms with E-state index in [2.05, 4.69) is 5.32 Å². The molecule has 1 unspecified atom stereocenters. The molecule has 0 radical (unpaired) electrons. The Kier molecular flexibility index (Phi) is 6.40. The molecule has 1 amide bonds. The van der Waals surface area contributed by atoms with Gasteiger partial charge in [-0.1, -0.05) is 54.1 Å². The quantitative estimate of drug-likeness (QED) is 0.786. The third-order valence-electron chi connectivity index (χ3n) is 3.18. The van der Waals surface area contributed by atoms with Crippen LogP contribution in [0.1, 0.15) is 11.1 Å². The van der Waals surface area contributed by atoms with Gasteiger partial charge >= 0.3 is 0 Å². The number of carbonyl (C=O) groups is 1. The van der Waals surface area contributed by atoms with Gasteiger partial charge in [-0.15, -0.1) is 0 Å². The van der Waals surface area contributed by atoms with Gasteiger partial charge in [0.2, 0.25) is 5.91 Å². The number of nitrogens with two attached hydrogens (primary N) is 1. The average Bonchev–Trinajstić information content (AvgIpc) is 2.51. The Morgan fingerprint density at radius 2 is 1.86 bits per heavy atom. The van der Waals surface area contributed by atoms with Crippen LogP contribution >= 0.6 is 11.6 Å². The fraction of sp³-hybridized carbons (Fsp3) is 0.235. The van der Waals surface area contributed by atoms with E-state index in [1.54, 1.807) is 6.07 Å². The second kappa shape index (κ2) is 8.54. The molecule has 0 aromatic heterocycles. The van der Waals surface area contributed by atoms with Gasteiger partial charge in [0.1, 0.15) is 6.04 Å². The van der Waals surface area contributed by atoms with Crippen molar-refractivity contribution in [2.45, 2.75) is 19.2 Å². The van der Waals surface area contributed by atoms with Gasteiger partial charge in [-0.05, 0) is 23.3 Å². The molecule has 2 rings (SSSR count). The Labute approximate surface area is 135 Å². The minimum atomic E-state index is -0.528. The molecule has 2 aromatic rings. The van der Waals surface area contributed by atoms with Crippen LogP contribution in [0.15, 0.2) is 54.6 Å². The van der Waals surface area contributed by atoms with E-state index >= 15 is 0 Å². The van der Waals surface area contributed by atoms with Gasteiger partial charge in [0.15, 0.2) is 0 Å². The summed E-state index contributed by atoms with van der Waals surface area (Å²) in [6.45, 7) is 1.17. The number of nitrogens with one attached hydrogen (secondary N) is 1. The van der Waals surface area contributed by atoms with Crippen molar-refractivity contribution in [3.8, 4) is 0 Å². The fourth-order valence-corrected chi connectivity index (χ4v) is 2.21. The lowest BCUT2D eigenvalue weighted by Gasteiger charge is -2.16. The van der Waals surface area contributed by atoms with E-state index < -0.39 is 11.9 Å². The van der Waals surface area contributed by atoms with Gasteiger partial charge < -0.3 is 10.5 Å². The molecule has 4 nitrogen and oxygen atoms in total. The maximum Gasteiger partial charge on any atom is 0.236 e. The van der Waals surface area contributed by atoms with Crippen molar-refractivity contribution in [3.05, 3.63) is 70.7 Å². The number of hydrogen-bond donors (Lipinski definition) is 2. The summed E-state index contributed by atoms with van der Waals surface area (Å²) in [5.41, 5.74) is 7.45. The number of ether oxygens (including phenoxy) is 1. The highest BCUT2D eigenvalue weighted by Gasteiger charge is 2.14. The third kappa shape index (κ3) is 5.48. The summed E-state index contributed by atoms with van der Waals surface area (Å²) in [7, 11) is 0. The number of hydrogen-bond acceptors (Lipinski definition) is 3. The van der Waals surface area contributed by atoms with Gasteiger partial charge in [-0.2, -0.15) is 0 Å². The standard InChI is InChI=1S/C17H19ClN2O2/c18-15-8-4-7-14(9-15)11-22-12-16(17(19)21)20-10-13-5-2-1-3-6-13/h1-9,16,20H,10-12H2,(H2,19,21). The monoisotopic (exact) mass is 318 g/mol. The summed E-state index contributed by atoms with van der Waals surface area (Å²) in [5, 5.41) is 3.77.